The number of carbonyl (C=O) groups is 3. The zero-order chi connectivity index (χ0) is 18.1. The second-order valence-corrected chi connectivity index (χ2v) is 6.73. The first kappa shape index (κ1) is 17.2. The van der Waals surface area contributed by atoms with Gasteiger partial charge in [-0.2, -0.15) is 5.01 Å². The van der Waals surface area contributed by atoms with E-state index in [4.69, 9.17) is 4.74 Å². The molecule has 0 saturated carbocycles. The monoisotopic (exact) mass is 342 g/mol. The number of hydrogen-bond donors (Lipinski definition) is 1. The molecule has 132 valence electrons. The van der Waals surface area contributed by atoms with E-state index in [1.165, 1.54) is 0 Å². The summed E-state index contributed by atoms with van der Waals surface area (Å²) < 4.78 is 5.66. The van der Waals surface area contributed by atoms with Gasteiger partial charge >= 0.3 is 0 Å². The molecule has 0 spiro atoms. The highest BCUT2D eigenvalue weighted by Crippen LogP contribution is 2.34. The van der Waals surface area contributed by atoms with Crippen LogP contribution in [0, 0.1) is 25.7 Å². The lowest BCUT2D eigenvalue weighted by atomic mass is 9.85. The molecule has 25 heavy (non-hydrogen) atoms. The summed E-state index contributed by atoms with van der Waals surface area (Å²) in [4.78, 5) is 37.1. The van der Waals surface area contributed by atoms with Crippen LogP contribution in [0.15, 0.2) is 30.4 Å². The van der Waals surface area contributed by atoms with E-state index in [-0.39, 0.29) is 23.7 Å². The highest BCUT2D eigenvalue weighted by Gasteiger charge is 2.48. The minimum absolute atomic E-state index is 0.341. The molecule has 6 heteroatoms. The minimum Gasteiger partial charge on any atom is -0.481 e. The van der Waals surface area contributed by atoms with Crippen molar-refractivity contribution in [1.29, 1.82) is 0 Å². The SMILES string of the molecule is Cc1cc(C)cc(O[C@H](C)C(=O)NN2C(=O)[C@H]3CC=CC[C@H]3C2=O)c1. The van der Waals surface area contributed by atoms with Crippen LogP contribution in [0.5, 0.6) is 5.75 Å². The number of benzene rings is 1. The highest BCUT2D eigenvalue weighted by atomic mass is 16.5. The maximum absolute atomic E-state index is 12.4. The number of allylic oxidation sites excluding steroid dienone is 2. The molecule has 1 aromatic rings. The average Bonchev–Trinajstić information content (AvgIpc) is 2.79. The summed E-state index contributed by atoms with van der Waals surface area (Å²) in [7, 11) is 0. The molecule has 3 rings (SSSR count). The Balaban J connectivity index is 1.65. The molecule has 2 aliphatic rings. The van der Waals surface area contributed by atoms with Gasteiger partial charge < -0.3 is 4.74 Å². The zero-order valence-electron chi connectivity index (χ0n) is 14.6. The van der Waals surface area contributed by atoms with Crippen LogP contribution < -0.4 is 10.2 Å². The Morgan fingerprint density at radius 1 is 1.08 bits per heavy atom. The van der Waals surface area contributed by atoms with E-state index in [2.05, 4.69) is 5.43 Å². The van der Waals surface area contributed by atoms with Gasteiger partial charge in [0.05, 0.1) is 11.8 Å². The predicted octanol–water partition coefficient (Wildman–Crippen LogP) is 2.05. The Morgan fingerprint density at radius 2 is 1.60 bits per heavy atom. The fraction of sp³-hybridized carbons (Fsp3) is 0.421. The summed E-state index contributed by atoms with van der Waals surface area (Å²) >= 11 is 0. The van der Waals surface area contributed by atoms with Gasteiger partial charge in [0, 0.05) is 0 Å². The van der Waals surface area contributed by atoms with Gasteiger partial charge in [0.1, 0.15) is 5.75 Å². The molecule has 0 radical (unpaired) electrons. The van der Waals surface area contributed by atoms with E-state index < -0.39 is 12.0 Å². The van der Waals surface area contributed by atoms with Crippen molar-refractivity contribution < 1.29 is 19.1 Å². The predicted molar refractivity (Wildman–Crippen MR) is 91.4 cm³/mol. The molecule has 1 aliphatic heterocycles. The average molecular weight is 342 g/mol. The number of carbonyl (C=O) groups excluding carboxylic acids is 3. The second kappa shape index (κ2) is 6.70. The number of ether oxygens (including phenoxy) is 1. The number of rotatable bonds is 4. The third-order valence-electron chi connectivity index (χ3n) is 4.61. The second-order valence-electron chi connectivity index (χ2n) is 6.73. The fourth-order valence-electron chi connectivity index (χ4n) is 3.37. The molecule has 1 aromatic carbocycles. The Hall–Kier alpha value is -2.63. The molecule has 1 saturated heterocycles. The summed E-state index contributed by atoms with van der Waals surface area (Å²) in [6.45, 7) is 5.48. The topological polar surface area (TPSA) is 75.7 Å². The van der Waals surface area contributed by atoms with Crippen LogP contribution in [-0.4, -0.2) is 28.8 Å². The van der Waals surface area contributed by atoms with Crippen LogP contribution in [0.3, 0.4) is 0 Å². The molecule has 1 heterocycles. The summed E-state index contributed by atoms with van der Waals surface area (Å²) in [6.07, 6.45) is 4.06. The number of nitrogens with one attached hydrogen (secondary N) is 1. The lowest BCUT2D eigenvalue weighted by Crippen LogP contribution is -2.50. The molecule has 1 fully saturated rings. The molecule has 1 aliphatic carbocycles. The van der Waals surface area contributed by atoms with Gasteiger partial charge in [0.25, 0.3) is 17.7 Å². The maximum Gasteiger partial charge on any atom is 0.279 e. The first-order valence-electron chi connectivity index (χ1n) is 8.45. The Bertz CT molecular complexity index is 710. The Morgan fingerprint density at radius 3 is 2.12 bits per heavy atom. The lowest BCUT2D eigenvalue weighted by molar-refractivity contribution is -0.151. The van der Waals surface area contributed by atoms with Gasteiger partial charge in [-0.3, -0.25) is 19.8 Å². The van der Waals surface area contributed by atoms with Crippen molar-refractivity contribution in [2.45, 2.75) is 39.7 Å². The van der Waals surface area contributed by atoms with Crippen LogP contribution in [0.4, 0.5) is 0 Å². The minimum atomic E-state index is -0.831. The number of hydrazine groups is 1. The van der Waals surface area contributed by atoms with Gasteiger partial charge in [-0.15, -0.1) is 0 Å². The van der Waals surface area contributed by atoms with Crippen molar-refractivity contribution in [3.8, 4) is 5.75 Å². The van der Waals surface area contributed by atoms with Gasteiger partial charge in [-0.25, -0.2) is 0 Å². The number of nitrogens with zero attached hydrogens (tertiary/aromatic N) is 1. The molecule has 0 bridgehead atoms. The van der Waals surface area contributed by atoms with Crippen LogP contribution in [0.1, 0.15) is 30.9 Å². The van der Waals surface area contributed by atoms with Crippen molar-refractivity contribution in [1.82, 2.24) is 10.4 Å². The smallest absolute Gasteiger partial charge is 0.279 e. The summed E-state index contributed by atoms with van der Waals surface area (Å²) in [5, 5.41) is 0.867. The summed E-state index contributed by atoms with van der Waals surface area (Å²) in [5.74, 6) is -1.36. The van der Waals surface area contributed by atoms with Crippen LogP contribution in [0.2, 0.25) is 0 Å². The van der Waals surface area contributed by atoms with Crippen LogP contribution in [-0.2, 0) is 14.4 Å². The third kappa shape index (κ3) is 3.43. The quantitative estimate of drug-likeness (QED) is 0.671. The van der Waals surface area contributed by atoms with Gasteiger partial charge in [-0.05, 0) is 56.9 Å². The van der Waals surface area contributed by atoms with E-state index in [0.717, 1.165) is 16.1 Å². The van der Waals surface area contributed by atoms with Crippen molar-refractivity contribution in [2.75, 3.05) is 0 Å². The molecule has 3 amide bonds. The van der Waals surface area contributed by atoms with Crippen LogP contribution >= 0.6 is 0 Å². The van der Waals surface area contributed by atoms with Crippen molar-refractivity contribution >= 4 is 17.7 Å². The molecular formula is C19H22N2O4. The summed E-state index contributed by atoms with van der Waals surface area (Å²) in [5.41, 5.74) is 4.49. The first-order chi connectivity index (χ1) is 11.9. The van der Waals surface area contributed by atoms with E-state index in [1.807, 2.05) is 44.2 Å². The molecular weight excluding hydrogens is 320 g/mol. The lowest BCUT2D eigenvalue weighted by Gasteiger charge is -2.20. The zero-order valence-corrected chi connectivity index (χ0v) is 14.6. The summed E-state index contributed by atoms with van der Waals surface area (Å²) in [6, 6.07) is 5.68. The molecule has 0 unspecified atom stereocenters. The Kier molecular flexibility index (Phi) is 4.61. The van der Waals surface area contributed by atoms with Gasteiger partial charge in [0.15, 0.2) is 6.10 Å². The van der Waals surface area contributed by atoms with Gasteiger partial charge in [0.2, 0.25) is 0 Å². The standard InChI is InChI=1S/C19H22N2O4/c1-11-8-12(2)10-14(9-11)25-13(3)17(22)20-21-18(23)15-6-4-5-7-16(15)19(21)24/h4-5,8-10,13,15-16H,6-7H2,1-3H3,(H,20,22)/t13-,15-,16+/m1/s1. The first-order valence-corrected chi connectivity index (χ1v) is 8.45. The third-order valence-corrected chi connectivity index (χ3v) is 4.61. The normalized spacial score (nSPS) is 23.4. The molecule has 3 atom stereocenters. The van der Waals surface area contributed by atoms with E-state index in [0.29, 0.717) is 18.6 Å². The number of amides is 3. The van der Waals surface area contributed by atoms with Crippen molar-refractivity contribution in [2.24, 2.45) is 11.8 Å². The molecule has 0 aromatic heterocycles. The number of fused-ring (bicyclic) bond motifs is 1. The highest BCUT2D eigenvalue weighted by molar-refractivity contribution is 6.06. The van der Waals surface area contributed by atoms with E-state index in [1.54, 1.807) is 6.92 Å². The van der Waals surface area contributed by atoms with Crippen molar-refractivity contribution in [3.63, 3.8) is 0 Å². The largest absolute Gasteiger partial charge is 0.481 e. The number of aryl methyl sites for hydroxylation is 2. The maximum atomic E-state index is 12.4. The fourth-order valence-corrected chi connectivity index (χ4v) is 3.37. The number of hydrogen-bond acceptors (Lipinski definition) is 4. The Labute approximate surface area is 146 Å². The van der Waals surface area contributed by atoms with E-state index >= 15 is 0 Å². The van der Waals surface area contributed by atoms with Gasteiger partial charge in [-0.1, -0.05) is 18.2 Å². The molecule has 1 N–H and O–H groups in total. The van der Waals surface area contributed by atoms with Crippen molar-refractivity contribution in [3.05, 3.63) is 41.5 Å². The van der Waals surface area contributed by atoms with Crippen LogP contribution in [0.25, 0.3) is 0 Å². The van der Waals surface area contributed by atoms with E-state index in [9.17, 15) is 14.4 Å². The number of imide groups is 1. The molecule has 6 nitrogen and oxygen atoms in total.